The Hall–Kier alpha value is -2.33. The molecule has 0 aromatic heterocycles. The van der Waals surface area contributed by atoms with Crippen molar-refractivity contribution in [3.63, 3.8) is 0 Å². The molecule has 0 spiro atoms. The molecule has 4 heteroatoms. The summed E-state index contributed by atoms with van der Waals surface area (Å²) < 4.78 is 0. The Morgan fingerprint density at radius 2 is 1.70 bits per heavy atom. The molecular weight excluding hydrogens is 252 g/mol. The lowest BCUT2D eigenvalue weighted by atomic mass is 10.1. The van der Waals surface area contributed by atoms with E-state index in [2.05, 4.69) is 0 Å². The van der Waals surface area contributed by atoms with Gasteiger partial charge in [0.25, 0.3) is 0 Å². The number of nitrogen functional groups attached to an aromatic ring is 1. The van der Waals surface area contributed by atoms with Crippen molar-refractivity contribution in [1.82, 2.24) is 0 Å². The van der Waals surface area contributed by atoms with E-state index >= 15 is 0 Å². The highest BCUT2D eigenvalue weighted by Crippen LogP contribution is 2.23. The molecule has 0 saturated heterocycles. The van der Waals surface area contributed by atoms with Crippen LogP contribution in [-0.4, -0.2) is 24.2 Å². The second-order valence-corrected chi connectivity index (χ2v) is 4.49. The van der Waals surface area contributed by atoms with Crippen molar-refractivity contribution in [3.8, 4) is 0 Å². The summed E-state index contributed by atoms with van der Waals surface area (Å²) in [7, 11) is 0. The molecule has 20 heavy (non-hydrogen) atoms. The van der Waals surface area contributed by atoms with E-state index < -0.39 is 0 Å². The molecule has 2 rings (SSSR count). The smallest absolute Gasteiger partial charge is 0.231 e. The molecule has 0 fully saturated rings. The molecule has 0 heterocycles. The third-order valence-corrected chi connectivity index (χ3v) is 3.05. The van der Waals surface area contributed by atoms with Crippen LogP contribution in [0.4, 0.5) is 11.4 Å². The van der Waals surface area contributed by atoms with Gasteiger partial charge in [0.05, 0.1) is 24.4 Å². The van der Waals surface area contributed by atoms with Crippen LogP contribution in [0.2, 0.25) is 0 Å². The average molecular weight is 270 g/mol. The maximum Gasteiger partial charge on any atom is 0.231 e. The number of anilines is 2. The lowest BCUT2D eigenvalue weighted by Crippen LogP contribution is -2.35. The normalized spacial score (nSPS) is 10.2. The second-order valence-electron chi connectivity index (χ2n) is 4.49. The first-order valence-corrected chi connectivity index (χ1v) is 6.52. The number of rotatable bonds is 5. The summed E-state index contributed by atoms with van der Waals surface area (Å²) >= 11 is 0. The molecule has 0 aliphatic rings. The molecule has 2 aromatic carbocycles. The van der Waals surface area contributed by atoms with Crippen molar-refractivity contribution in [1.29, 1.82) is 0 Å². The highest BCUT2D eigenvalue weighted by atomic mass is 16.3. The summed E-state index contributed by atoms with van der Waals surface area (Å²) in [5.41, 5.74) is 8.02. The van der Waals surface area contributed by atoms with Crippen LogP contribution < -0.4 is 10.6 Å². The number of carbonyl (C=O) groups excluding carboxylic acids is 1. The van der Waals surface area contributed by atoms with Crippen LogP contribution in [0.3, 0.4) is 0 Å². The molecule has 4 nitrogen and oxygen atoms in total. The summed E-state index contributed by atoms with van der Waals surface area (Å²) in [6.45, 7) is 0.134. The fourth-order valence-corrected chi connectivity index (χ4v) is 2.08. The number of para-hydroxylation sites is 2. The first kappa shape index (κ1) is 14.1. The monoisotopic (exact) mass is 270 g/mol. The van der Waals surface area contributed by atoms with Gasteiger partial charge in [-0.15, -0.1) is 0 Å². The van der Waals surface area contributed by atoms with E-state index in [9.17, 15) is 4.79 Å². The molecular formula is C16H18N2O2. The quantitative estimate of drug-likeness (QED) is 0.815. The first-order valence-electron chi connectivity index (χ1n) is 6.52. The number of benzene rings is 2. The molecule has 0 bridgehead atoms. The summed E-state index contributed by atoms with van der Waals surface area (Å²) in [5, 5.41) is 9.17. The molecule has 0 aliphatic heterocycles. The van der Waals surface area contributed by atoms with Crippen LogP contribution in [0.15, 0.2) is 54.6 Å². The standard InChI is InChI=1S/C16H18N2O2/c17-14-8-4-5-9-15(14)18(10-11-19)16(20)12-13-6-2-1-3-7-13/h1-9,19H,10-12,17H2. The van der Waals surface area contributed by atoms with Crippen molar-refractivity contribution < 1.29 is 9.90 Å². The van der Waals surface area contributed by atoms with Gasteiger partial charge in [0.1, 0.15) is 0 Å². The third-order valence-electron chi connectivity index (χ3n) is 3.05. The summed E-state index contributed by atoms with van der Waals surface area (Å²) in [5.74, 6) is -0.0804. The Bertz CT molecular complexity index is 570. The van der Waals surface area contributed by atoms with Crippen molar-refractivity contribution >= 4 is 17.3 Å². The molecule has 104 valence electrons. The van der Waals surface area contributed by atoms with E-state index in [1.807, 2.05) is 42.5 Å². The minimum absolute atomic E-state index is 0.0804. The van der Waals surface area contributed by atoms with Crippen LogP contribution in [0, 0.1) is 0 Å². The van der Waals surface area contributed by atoms with Crippen molar-refractivity contribution in [3.05, 3.63) is 60.2 Å². The van der Waals surface area contributed by atoms with E-state index in [-0.39, 0.29) is 25.5 Å². The Kier molecular flexibility index (Phi) is 4.74. The minimum atomic E-state index is -0.102. The number of amides is 1. The Balaban J connectivity index is 2.20. The van der Waals surface area contributed by atoms with Gasteiger partial charge in [-0.1, -0.05) is 42.5 Å². The van der Waals surface area contributed by atoms with Crippen molar-refractivity contribution in [2.75, 3.05) is 23.8 Å². The lowest BCUT2D eigenvalue weighted by molar-refractivity contribution is -0.118. The van der Waals surface area contributed by atoms with Crippen LogP contribution >= 0.6 is 0 Å². The van der Waals surface area contributed by atoms with E-state index in [1.165, 1.54) is 4.90 Å². The van der Waals surface area contributed by atoms with E-state index in [0.29, 0.717) is 11.4 Å². The van der Waals surface area contributed by atoms with Crippen LogP contribution in [0.1, 0.15) is 5.56 Å². The molecule has 2 aromatic rings. The molecule has 0 atom stereocenters. The third kappa shape index (κ3) is 3.36. The SMILES string of the molecule is Nc1ccccc1N(CCO)C(=O)Cc1ccccc1. The van der Waals surface area contributed by atoms with Gasteiger partial charge in [0.15, 0.2) is 0 Å². The molecule has 1 amide bonds. The Morgan fingerprint density at radius 1 is 1.05 bits per heavy atom. The number of hydrogen-bond donors (Lipinski definition) is 2. The largest absolute Gasteiger partial charge is 0.397 e. The summed E-state index contributed by atoms with van der Waals surface area (Å²) in [6.07, 6.45) is 0.287. The molecule has 0 unspecified atom stereocenters. The zero-order chi connectivity index (χ0) is 14.4. The molecule has 0 saturated carbocycles. The number of nitrogens with zero attached hydrogens (tertiary/aromatic N) is 1. The van der Waals surface area contributed by atoms with Gasteiger partial charge in [-0.3, -0.25) is 4.79 Å². The van der Waals surface area contributed by atoms with Crippen LogP contribution in [0.25, 0.3) is 0 Å². The van der Waals surface area contributed by atoms with Crippen molar-refractivity contribution in [2.24, 2.45) is 0 Å². The van der Waals surface area contributed by atoms with Crippen LogP contribution in [0.5, 0.6) is 0 Å². The lowest BCUT2D eigenvalue weighted by Gasteiger charge is -2.23. The van der Waals surface area contributed by atoms with Gasteiger partial charge in [-0.05, 0) is 17.7 Å². The highest BCUT2D eigenvalue weighted by molar-refractivity contribution is 5.97. The molecule has 0 radical (unpaired) electrons. The number of hydrogen-bond acceptors (Lipinski definition) is 3. The number of aliphatic hydroxyl groups excluding tert-OH is 1. The second kappa shape index (κ2) is 6.73. The van der Waals surface area contributed by atoms with Gasteiger partial charge in [-0.2, -0.15) is 0 Å². The van der Waals surface area contributed by atoms with Crippen molar-refractivity contribution in [2.45, 2.75) is 6.42 Å². The van der Waals surface area contributed by atoms with Gasteiger partial charge < -0.3 is 15.7 Å². The van der Waals surface area contributed by atoms with Gasteiger partial charge >= 0.3 is 0 Å². The first-order chi connectivity index (χ1) is 9.72. The Labute approximate surface area is 118 Å². The fourth-order valence-electron chi connectivity index (χ4n) is 2.08. The number of aliphatic hydroxyl groups is 1. The van der Waals surface area contributed by atoms with E-state index in [0.717, 1.165) is 5.56 Å². The van der Waals surface area contributed by atoms with E-state index in [1.54, 1.807) is 12.1 Å². The molecule has 3 N–H and O–H groups in total. The van der Waals surface area contributed by atoms with Gasteiger partial charge in [0.2, 0.25) is 5.91 Å². The number of carbonyl (C=O) groups is 1. The van der Waals surface area contributed by atoms with Gasteiger partial charge in [0, 0.05) is 6.54 Å². The van der Waals surface area contributed by atoms with Gasteiger partial charge in [-0.25, -0.2) is 0 Å². The predicted octanol–water partition coefficient (Wildman–Crippen LogP) is 1.84. The fraction of sp³-hybridized carbons (Fsp3) is 0.188. The highest BCUT2D eigenvalue weighted by Gasteiger charge is 2.17. The zero-order valence-electron chi connectivity index (χ0n) is 11.2. The van der Waals surface area contributed by atoms with Crippen LogP contribution in [-0.2, 0) is 11.2 Å². The number of nitrogens with two attached hydrogens (primary N) is 1. The maximum atomic E-state index is 12.4. The van der Waals surface area contributed by atoms with E-state index in [4.69, 9.17) is 10.8 Å². The Morgan fingerprint density at radius 3 is 2.35 bits per heavy atom. The topological polar surface area (TPSA) is 66.6 Å². The summed E-state index contributed by atoms with van der Waals surface area (Å²) in [4.78, 5) is 13.9. The maximum absolute atomic E-state index is 12.4. The molecule has 0 aliphatic carbocycles. The zero-order valence-corrected chi connectivity index (χ0v) is 11.2. The summed E-state index contributed by atoms with van der Waals surface area (Å²) in [6, 6.07) is 16.7. The minimum Gasteiger partial charge on any atom is -0.397 e. The average Bonchev–Trinajstić information content (AvgIpc) is 2.47. The predicted molar refractivity (Wildman–Crippen MR) is 80.4 cm³/mol.